The average Bonchev–Trinajstić information content (AvgIpc) is 3.04. The second-order valence-corrected chi connectivity index (χ2v) is 7.89. The van der Waals surface area contributed by atoms with Gasteiger partial charge in [-0.15, -0.1) is 0 Å². The molecule has 0 radical (unpaired) electrons. The molecule has 0 amide bonds. The van der Waals surface area contributed by atoms with Crippen molar-refractivity contribution in [2.75, 3.05) is 34.2 Å². The summed E-state index contributed by atoms with van der Waals surface area (Å²) in [6, 6.07) is 10.5. The molecule has 0 atom stereocenters. The molecule has 0 saturated heterocycles. The Balaban J connectivity index is 1.77. The molecule has 0 aliphatic heterocycles. The van der Waals surface area contributed by atoms with E-state index < -0.39 is 0 Å². The van der Waals surface area contributed by atoms with E-state index in [4.69, 9.17) is 0 Å². The summed E-state index contributed by atoms with van der Waals surface area (Å²) in [4.78, 5) is 6.61. The van der Waals surface area contributed by atoms with Gasteiger partial charge in [-0.25, -0.2) is 4.68 Å². The average molecular weight is 399 g/mol. The number of unbranched alkanes of at least 4 members (excludes halogenated alkanes) is 4. The van der Waals surface area contributed by atoms with Gasteiger partial charge < -0.3 is 15.5 Å². The van der Waals surface area contributed by atoms with Crippen LogP contribution in [0.5, 0.6) is 0 Å². The molecule has 1 aromatic heterocycles. The van der Waals surface area contributed by atoms with Crippen LogP contribution >= 0.6 is 0 Å². The van der Waals surface area contributed by atoms with Gasteiger partial charge in [-0.3, -0.25) is 4.99 Å². The molecule has 160 valence electrons. The molecule has 0 aliphatic carbocycles. The van der Waals surface area contributed by atoms with Crippen molar-refractivity contribution in [3.05, 3.63) is 47.3 Å². The molecular weight excluding hydrogens is 360 g/mol. The third-order valence-corrected chi connectivity index (χ3v) is 4.97. The number of hydrogen-bond acceptors (Lipinski definition) is 3. The number of rotatable bonds is 11. The Morgan fingerprint density at radius 2 is 1.76 bits per heavy atom. The predicted octanol–water partition coefficient (Wildman–Crippen LogP) is 3.67. The molecule has 2 rings (SSSR count). The van der Waals surface area contributed by atoms with Gasteiger partial charge in [-0.2, -0.15) is 5.10 Å². The number of nitrogens with zero attached hydrogens (tertiary/aromatic N) is 4. The van der Waals surface area contributed by atoms with Gasteiger partial charge in [0.25, 0.3) is 0 Å². The first kappa shape index (κ1) is 22.9. The van der Waals surface area contributed by atoms with Crippen LogP contribution < -0.4 is 10.6 Å². The second-order valence-electron chi connectivity index (χ2n) is 7.89. The SMILES string of the molecule is CN=C(NCCCCCCCN(C)C)NCc1ccccc1-n1nc(C)cc1C. The van der Waals surface area contributed by atoms with E-state index in [0.717, 1.165) is 29.6 Å². The molecule has 0 aliphatic rings. The monoisotopic (exact) mass is 398 g/mol. The van der Waals surface area contributed by atoms with Crippen molar-refractivity contribution in [2.24, 2.45) is 4.99 Å². The maximum atomic E-state index is 4.63. The van der Waals surface area contributed by atoms with E-state index in [2.05, 4.69) is 77.0 Å². The first-order chi connectivity index (χ1) is 14.0. The second kappa shape index (κ2) is 12.3. The van der Waals surface area contributed by atoms with E-state index in [1.807, 2.05) is 18.7 Å². The van der Waals surface area contributed by atoms with Crippen molar-refractivity contribution in [3.63, 3.8) is 0 Å². The number of guanidine groups is 1. The Morgan fingerprint density at radius 3 is 2.45 bits per heavy atom. The molecule has 2 N–H and O–H groups in total. The molecule has 0 bridgehead atoms. The van der Waals surface area contributed by atoms with E-state index in [0.29, 0.717) is 6.54 Å². The van der Waals surface area contributed by atoms with Gasteiger partial charge in [-0.05, 0) is 65.0 Å². The van der Waals surface area contributed by atoms with Crippen molar-refractivity contribution in [2.45, 2.75) is 52.5 Å². The van der Waals surface area contributed by atoms with E-state index >= 15 is 0 Å². The summed E-state index contributed by atoms with van der Waals surface area (Å²) in [5, 5.41) is 11.5. The largest absolute Gasteiger partial charge is 0.356 e. The number of aryl methyl sites for hydroxylation is 2. The van der Waals surface area contributed by atoms with Crippen molar-refractivity contribution < 1.29 is 0 Å². The molecule has 0 saturated carbocycles. The maximum Gasteiger partial charge on any atom is 0.191 e. The molecule has 1 heterocycles. The van der Waals surface area contributed by atoms with Gasteiger partial charge in [0.1, 0.15) is 0 Å². The van der Waals surface area contributed by atoms with Crippen LogP contribution in [0.15, 0.2) is 35.3 Å². The number of para-hydroxylation sites is 1. The minimum atomic E-state index is 0.707. The van der Waals surface area contributed by atoms with Crippen LogP contribution in [0.25, 0.3) is 5.69 Å². The summed E-state index contributed by atoms with van der Waals surface area (Å²) in [6.07, 6.45) is 6.34. The zero-order valence-electron chi connectivity index (χ0n) is 18.8. The molecule has 2 aromatic rings. The maximum absolute atomic E-state index is 4.63. The summed E-state index contributed by atoms with van der Waals surface area (Å²) < 4.78 is 2.01. The number of aliphatic imine (C=N–C) groups is 1. The van der Waals surface area contributed by atoms with E-state index in [1.165, 1.54) is 44.2 Å². The lowest BCUT2D eigenvalue weighted by molar-refractivity contribution is 0.389. The van der Waals surface area contributed by atoms with Crippen LogP contribution in [0.4, 0.5) is 0 Å². The van der Waals surface area contributed by atoms with Crippen LogP contribution in [0.2, 0.25) is 0 Å². The molecule has 0 fully saturated rings. The standard InChI is InChI=1S/C23H38N6/c1-19-17-20(2)29(27-19)22-14-10-9-13-21(22)18-26-23(24-3)25-15-11-7-6-8-12-16-28(4)5/h9-10,13-14,17H,6-8,11-12,15-16,18H2,1-5H3,(H2,24,25,26). The highest BCUT2D eigenvalue weighted by Gasteiger charge is 2.09. The van der Waals surface area contributed by atoms with Crippen LogP contribution in [0.3, 0.4) is 0 Å². The lowest BCUT2D eigenvalue weighted by Crippen LogP contribution is -2.37. The summed E-state index contributed by atoms with van der Waals surface area (Å²) >= 11 is 0. The Kier molecular flexibility index (Phi) is 9.71. The van der Waals surface area contributed by atoms with Crippen molar-refractivity contribution >= 4 is 5.96 Å². The fourth-order valence-corrected chi connectivity index (χ4v) is 3.43. The van der Waals surface area contributed by atoms with Gasteiger partial charge in [0, 0.05) is 25.8 Å². The van der Waals surface area contributed by atoms with E-state index in [1.54, 1.807) is 0 Å². The Morgan fingerprint density at radius 1 is 1.03 bits per heavy atom. The predicted molar refractivity (Wildman–Crippen MR) is 123 cm³/mol. The summed E-state index contributed by atoms with van der Waals surface area (Å²) in [6.45, 7) is 6.96. The highest BCUT2D eigenvalue weighted by atomic mass is 15.3. The lowest BCUT2D eigenvalue weighted by atomic mass is 10.1. The lowest BCUT2D eigenvalue weighted by Gasteiger charge is -2.15. The molecule has 6 nitrogen and oxygen atoms in total. The van der Waals surface area contributed by atoms with Gasteiger partial charge in [0.05, 0.1) is 11.4 Å². The quantitative estimate of drug-likeness (QED) is 0.344. The molecule has 6 heteroatoms. The highest BCUT2D eigenvalue weighted by molar-refractivity contribution is 5.79. The molecular formula is C23H38N6. The normalized spacial score (nSPS) is 11.9. The Bertz CT molecular complexity index is 762. The summed E-state index contributed by atoms with van der Waals surface area (Å²) in [5.41, 5.74) is 4.48. The molecule has 0 unspecified atom stereocenters. The van der Waals surface area contributed by atoms with Crippen molar-refractivity contribution in [1.29, 1.82) is 0 Å². The first-order valence-corrected chi connectivity index (χ1v) is 10.7. The Hall–Kier alpha value is -2.34. The molecule has 0 spiro atoms. The van der Waals surface area contributed by atoms with Crippen molar-refractivity contribution in [1.82, 2.24) is 25.3 Å². The Labute approximate surface area is 176 Å². The van der Waals surface area contributed by atoms with E-state index in [-0.39, 0.29) is 0 Å². The van der Waals surface area contributed by atoms with Crippen LogP contribution in [-0.2, 0) is 6.54 Å². The number of benzene rings is 1. The fourth-order valence-electron chi connectivity index (χ4n) is 3.43. The third kappa shape index (κ3) is 7.89. The third-order valence-electron chi connectivity index (χ3n) is 4.97. The van der Waals surface area contributed by atoms with Crippen LogP contribution in [0.1, 0.15) is 49.1 Å². The molecule has 29 heavy (non-hydrogen) atoms. The van der Waals surface area contributed by atoms with Gasteiger partial charge in [0.2, 0.25) is 0 Å². The minimum absolute atomic E-state index is 0.707. The van der Waals surface area contributed by atoms with Crippen LogP contribution in [-0.4, -0.2) is 54.9 Å². The fraction of sp³-hybridized carbons (Fsp3) is 0.565. The zero-order chi connectivity index (χ0) is 21.1. The topological polar surface area (TPSA) is 57.5 Å². The first-order valence-electron chi connectivity index (χ1n) is 10.7. The zero-order valence-corrected chi connectivity index (χ0v) is 18.8. The van der Waals surface area contributed by atoms with Gasteiger partial charge in [0.15, 0.2) is 5.96 Å². The smallest absolute Gasteiger partial charge is 0.191 e. The van der Waals surface area contributed by atoms with E-state index in [9.17, 15) is 0 Å². The number of nitrogens with one attached hydrogen (secondary N) is 2. The summed E-state index contributed by atoms with van der Waals surface area (Å²) in [7, 11) is 6.10. The van der Waals surface area contributed by atoms with Crippen molar-refractivity contribution in [3.8, 4) is 5.69 Å². The number of hydrogen-bond donors (Lipinski definition) is 2. The van der Waals surface area contributed by atoms with Gasteiger partial charge in [-0.1, -0.05) is 37.5 Å². The molecule has 1 aromatic carbocycles. The number of aromatic nitrogens is 2. The minimum Gasteiger partial charge on any atom is -0.356 e. The van der Waals surface area contributed by atoms with Crippen LogP contribution in [0, 0.1) is 13.8 Å². The highest BCUT2D eigenvalue weighted by Crippen LogP contribution is 2.16. The van der Waals surface area contributed by atoms with Gasteiger partial charge >= 0.3 is 0 Å². The summed E-state index contributed by atoms with van der Waals surface area (Å²) in [5.74, 6) is 0.848.